The van der Waals surface area contributed by atoms with Crippen molar-refractivity contribution >= 4 is 0 Å². The Labute approximate surface area is 83.5 Å². The monoisotopic (exact) mass is 183 g/mol. The molecule has 78 valence electrons. The molecule has 0 N–H and O–H groups in total. The Morgan fingerprint density at radius 2 is 1.69 bits per heavy atom. The normalized spacial score (nSPS) is 22.2. The van der Waals surface area contributed by atoms with Crippen molar-refractivity contribution in [3.05, 3.63) is 0 Å². The summed E-state index contributed by atoms with van der Waals surface area (Å²) < 4.78 is 0. The van der Waals surface area contributed by atoms with Gasteiger partial charge in [-0.25, -0.2) is 0 Å². The second kappa shape index (κ2) is 4.99. The average Bonchev–Trinajstić information content (AvgIpc) is 2.16. The molecule has 0 aromatic rings. The number of hydrogen-bond acceptors (Lipinski definition) is 1. The van der Waals surface area contributed by atoms with Crippen LogP contribution in [0.3, 0.4) is 0 Å². The fourth-order valence-corrected chi connectivity index (χ4v) is 2.54. The fourth-order valence-electron chi connectivity index (χ4n) is 2.54. The zero-order valence-electron chi connectivity index (χ0n) is 9.60. The quantitative estimate of drug-likeness (QED) is 0.646. The van der Waals surface area contributed by atoms with Crippen LogP contribution in [0, 0.1) is 5.41 Å². The number of hydrogen-bond donors (Lipinski definition) is 0. The lowest BCUT2D eigenvalue weighted by Gasteiger charge is -2.37. The predicted molar refractivity (Wildman–Crippen MR) is 59.0 cm³/mol. The Balaban J connectivity index is 2.38. The molecule has 1 rings (SSSR count). The van der Waals surface area contributed by atoms with Gasteiger partial charge >= 0.3 is 0 Å². The molecule has 0 saturated heterocycles. The van der Waals surface area contributed by atoms with Crippen LogP contribution in [-0.2, 0) is 0 Å². The molecule has 0 bridgehead atoms. The first kappa shape index (κ1) is 11.0. The Kier molecular flexibility index (Phi) is 4.24. The SMILES string of the molecule is CCC1(CCN(C)C)CCCCC1. The van der Waals surface area contributed by atoms with E-state index in [1.54, 1.807) is 0 Å². The zero-order valence-corrected chi connectivity index (χ0v) is 9.60. The van der Waals surface area contributed by atoms with Crippen LogP contribution >= 0.6 is 0 Å². The van der Waals surface area contributed by atoms with Gasteiger partial charge in [0.2, 0.25) is 0 Å². The summed E-state index contributed by atoms with van der Waals surface area (Å²) in [6, 6.07) is 0. The van der Waals surface area contributed by atoms with Gasteiger partial charge in [-0.1, -0.05) is 32.6 Å². The maximum absolute atomic E-state index is 2.38. The lowest BCUT2D eigenvalue weighted by molar-refractivity contribution is 0.148. The topological polar surface area (TPSA) is 3.24 Å². The second-order valence-electron chi connectivity index (χ2n) is 4.97. The molecule has 0 radical (unpaired) electrons. The standard InChI is InChI=1S/C12H25N/c1-4-12(10-11-13(2)3)8-6-5-7-9-12/h4-11H2,1-3H3. The Morgan fingerprint density at radius 3 is 2.15 bits per heavy atom. The van der Waals surface area contributed by atoms with Gasteiger partial charge in [0.05, 0.1) is 0 Å². The van der Waals surface area contributed by atoms with Gasteiger partial charge in [0.1, 0.15) is 0 Å². The molecular weight excluding hydrogens is 158 g/mol. The van der Waals surface area contributed by atoms with Crippen LogP contribution in [-0.4, -0.2) is 25.5 Å². The van der Waals surface area contributed by atoms with Crippen LogP contribution in [0.2, 0.25) is 0 Å². The molecule has 1 aliphatic rings. The van der Waals surface area contributed by atoms with Gasteiger partial charge in [0.15, 0.2) is 0 Å². The first-order valence-electron chi connectivity index (χ1n) is 5.83. The third kappa shape index (κ3) is 3.30. The average molecular weight is 183 g/mol. The minimum Gasteiger partial charge on any atom is -0.309 e. The molecule has 0 atom stereocenters. The highest BCUT2D eigenvalue weighted by Crippen LogP contribution is 2.41. The highest BCUT2D eigenvalue weighted by atomic mass is 15.0. The summed E-state index contributed by atoms with van der Waals surface area (Å²) in [5.74, 6) is 0. The van der Waals surface area contributed by atoms with Crippen molar-refractivity contribution < 1.29 is 0 Å². The highest BCUT2D eigenvalue weighted by Gasteiger charge is 2.29. The van der Waals surface area contributed by atoms with Crippen LogP contribution in [0.4, 0.5) is 0 Å². The maximum Gasteiger partial charge on any atom is -0.00195 e. The third-order valence-electron chi connectivity index (χ3n) is 3.75. The zero-order chi connectivity index (χ0) is 9.73. The summed E-state index contributed by atoms with van der Waals surface area (Å²) >= 11 is 0. The van der Waals surface area contributed by atoms with E-state index in [-0.39, 0.29) is 0 Å². The molecule has 1 nitrogen and oxygen atoms in total. The molecule has 0 aliphatic heterocycles. The van der Waals surface area contributed by atoms with Crippen molar-refractivity contribution in [2.45, 2.75) is 51.9 Å². The van der Waals surface area contributed by atoms with Crippen molar-refractivity contribution in [1.82, 2.24) is 4.90 Å². The van der Waals surface area contributed by atoms with E-state index in [1.807, 2.05) is 0 Å². The lowest BCUT2D eigenvalue weighted by atomic mass is 9.70. The van der Waals surface area contributed by atoms with E-state index < -0.39 is 0 Å². The molecule has 0 aromatic carbocycles. The van der Waals surface area contributed by atoms with Crippen molar-refractivity contribution in [1.29, 1.82) is 0 Å². The van der Waals surface area contributed by atoms with E-state index in [0.29, 0.717) is 5.41 Å². The molecule has 1 fully saturated rings. The molecule has 0 unspecified atom stereocenters. The van der Waals surface area contributed by atoms with E-state index in [4.69, 9.17) is 0 Å². The van der Waals surface area contributed by atoms with Crippen LogP contribution in [0.15, 0.2) is 0 Å². The lowest BCUT2D eigenvalue weighted by Crippen LogP contribution is -2.28. The van der Waals surface area contributed by atoms with Crippen molar-refractivity contribution in [3.63, 3.8) is 0 Å². The molecule has 1 aliphatic carbocycles. The summed E-state index contributed by atoms with van der Waals surface area (Å²) in [6.07, 6.45) is 10.2. The van der Waals surface area contributed by atoms with Gasteiger partial charge in [-0.05, 0) is 45.3 Å². The maximum atomic E-state index is 2.38. The summed E-state index contributed by atoms with van der Waals surface area (Å²) in [6.45, 7) is 3.65. The molecule has 0 heterocycles. The van der Waals surface area contributed by atoms with E-state index in [2.05, 4.69) is 25.9 Å². The minimum atomic E-state index is 0.711. The second-order valence-corrected chi connectivity index (χ2v) is 4.97. The Morgan fingerprint density at radius 1 is 1.08 bits per heavy atom. The van der Waals surface area contributed by atoms with Gasteiger partial charge < -0.3 is 4.90 Å². The van der Waals surface area contributed by atoms with Crippen molar-refractivity contribution in [3.8, 4) is 0 Å². The predicted octanol–water partition coefficient (Wildman–Crippen LogP) is 3.30. The van der Waals surface area contributed by atoms with Crippen LogP contribution in [0.25, 0.3) is 0 Å². The molecule has 0 aromatic heterocycles. The van der Waals surface area contributed by atoms with E-state index >= 15 is 0 Å². The molecule has 1 saturated carbocycles. The van der Waals surface area contributed by atoms with Gasteiger partial charge in [-0.2, -0.15) is 0 Å². The molecule has 0 spiro atoms. The minimum absolute atomic E-state index is 0.711. The molecular formula is C12H25N. The summed E-state index contributed by atoms with van der Waals surface area (Å²) in [5, 5.41) is 0. The van der Waals surface area contributed by atoms with Gasteiger partial charge in [0.25, 0.3) is 0 Å². The van der Waals surface area contributed by atoms with E-state index in [0.717, 1.165) is 0 Å². The Bertz CT molecular complexity index is 134. The Hall–Kier alpha value is -0.0400. The van der Waals surface area contributed by atoms with Crippen LogP contribution < -0.4 is 0 Å². The van der Waals surface area contributed by atoms with Crippen LogP contribution in [0.1, 0.15) is 51.9 Å². The number of nitrogens with zero attached hydrogens (tertiary/aromatic N) is 1. The molecule has 13 heavy (non-hydrogen) atoms. The molecule has 1 heteroatoms. The van der Waals surface area contributed by atoms with E-state index in [1.165, 1.54) is 51.5 Å². The summed E-state index contributed by atoms with van der Waals surface area (Å²) in [5.41, 5.74) is 0.711. The summed E-state index contributed by atoms with van der Waals surface area (Å²) in [4.78, 5) is 2.33. The van der Waals surface area contributed by atoms with Gasteiger partial charge in [0, 0.05) is 0 Å². The van der Waals surface area contributed by atoms with E-state index in [9.17, 15) is 0 Å². The number of rotatable bonds is 4. The van der Waals surface area contributed by atoms with Gasteiger partial charge in [-0.3, -0.25) is 0 Å². The smallest absolute Gasteiger partial charge is 0.00195 e. The van der Waals surface area contributed by atoms with Crippen molar-refractivity contribution in [2.75, 3.05) is 20.6 Å². The first-order chi connectivity index (χ1) is 6.18. The third-order valence-corrected chi connectivity index (χ3v) is 3.75. The fraction of sp³-hybridized carbons (Fsp3) is 1.00. The van der Waals surface area contributed by atoms with Crippen LogP contribution in [0.5, 0.6) is 0 Å². The highest BCUT2D eigenvalue weighted by molar-refractivity contribution is 4.82. The largest absolute Gasteiger partial charge is 0.309 e. The summed E-state index contributed by atoms with van der Waals surface area (Å²) in [7, 11) is 4.37. The van der Waals surface area contributed by atoms with Crippen molar-refractivity contribution in [2.24, 2.45) is 5.41 Å². The first-order valence-corrected chi connectivity index (χ1v) is 5.83. The van der Waals surface area contributed by atoms with Gasteiger partial charge in [-0.15, -0.1) is 0 Å². The molecule has 0 amide bonds.